The van der Waals surface area contributed by atoms with E-state index in [9.17, 15) is 19.8 Å². The Kier molecular flexibility index (Phi) is 12.7. The normalized spacial score (nSPS) is 44.2. The van der Waals surface area contributed by atoms with Crippen molar-refractivity contribution in [2.75, 3.05) is 27.7 Å². The molecular formula is C34H61N3O9. The number of amidine groups is 1. The second-order valence-corrected chi connectivity index (χ2v) is 14.9. The van der Waals surface area contributed by atoms with Crippen LogP contribution in [0.5, 0.6) is 0 Å². The first kappa shape index (κ1) is 38.6. The second-order valence-electron chi connectivity index (χ2n) is 14.9. The Labute approximate surface area is 276 Å². The van der Waals surface area contributed by atoms with Crippen LogP contribution in [-0.2, 0) is 33.3 Å². The zero-order chi connectivity index (χ0) is 34.9. The number of hydrogen-bond donors (Lipinski definition) is 2. The van der Waals surface area contributed by atoms with Gasteiger partial charge in [-0.3, -0.25) is 9.59 Å². The van der Waals surface area contributed by atoms with Gasteiger partial charge < -0.3 is 43.7 Å². The Bertz CT molecular complexity index is 1080. The van der Waals surface area contributed by atoms with Gasteiger partial charge in [-0.2, -0.15) is 0 Å². The number of aliphatic imine (C=N–C) groups is 1. The number of carbonyl (C=O) groups excluding carboxylic acids is 2. The van der Waals surface area contributed by atoms with E-state index in [1.165, 1.54) is 6.92 Å². The van der Waals surface area contributed by atoms with E-state index in [0.29, 0.717) is 31.8 Å². The first-order valence-corrected chi connectivity index (χ1v) is 17.0. The number of esters is 1. The van der Waals surface area contributed by atoms with Crippen LogP contribution in [0.2, 0.25) is 0 Å². The number of aliphatic hydroxyl groups is 2. The van der Waals surface area contributed by atoms with Crippen molar-refractivity contribution in [3.8, 4) is 0 Å². The Hall–Kier alpha value is -1.83. The number of methoxy groups -OCH3 is 1. The zero-order valence-corrected chi connectivity index (χ0v) is 30.4. The van der Waals surface area contributed by atoms with Crippen LogP contribution in [0.15, 0.2) is 4.99 Å². The summed E-state index contributed by atoms with van der Waals surface area (Å²) >= 11 is 0. The van der Waals surface area contributed by atoms with Gasteiger partial charge in [-0.05, 0) is 87.7 Å². The van der Waals surface area contributed by atoms with Crippen molar-refractivity contribution in [1.29, 1.82) is 0 Å². The third kappa shape index (κ3) is 8.06. The average Bonchev–Trinajstić information content (AvgIpc) is 3.27. The number of rotatable bonds is 6. The summed E-state index contributed by atoms with van der Waals surface area (Å²) in [5.74, 6) is -3.15. The first-order valence-electron chi connectivity index (χ1n) is 17.0. The number of nitrogens with zero attached hydrogens (tertiary/aromatic N) is 3. The average molecular weight is 656 g/mol. The number of ether oxygens (including phenoxy) is 5. The lowest BCUT2D eigenvalue weighted by molar-refractivity contribution is -0.295. The minimum Gasteiger partial charge on any atom is -0.459 e. The SMILES string of the molecule is CC[C@H]1OC(=O)[C@H](C)C(=O)[C@H](C)[C@@H](O[C@@H]2O[C@H](C)C[C@H](N(C)C)[C@H]2O)[C@](C)(OC)C[C@@H](C)CN2C(=NC(C)C)O[C@H]([C@H]2C)[C@]1(C)O. The standard InChI is InChI=1S/C34H61N3O9/c1-14-25-34(10,41)29-23(8)37(32(46-29)35-18(2)3)17-19(4)16-33(9,42-13)28(21(6)26(38)22(7)30(40)44-25)45-31-27(39)24(36(11)12)15-20(5)43-31/h18-25,27-29,31,39,41H,14-17H2,1-13H3/t19-,20-,21+,22-,23-,24+,25-,27-,28-,29-,31+,33-,34-/m1/s1. The molecule has 12 heteroatoms. The molecule has 13 atom stereocenters. The maximum Gasteiger partial charge on any atom is 0.316 e. The molecule has 2 N–H and O–H groups in total. The van der Waals surface area contributed by atoms with Gasteiger partial charge in [0, 0.05) is 31.7 Å². The molecular weight excluding hydrogens is 594 g/mol. The molecule has 3 saturated heterocycles. The van der Waals surface area contributed by atoms with Gasteiger partial charge in [0.25, 0.3) is 6.02 Å². The molecule has 0 aromatic carbocycles. The predicted octanol–water partition coefficient (Wildman–Crippen LogP) is 3.01. The van der Waals surface area contributed by atoms with Gasteiger partial charge in [-0.15, -0.1) is 0 Å². The van der Waals surface area contributed by atoms with E-state index >= 15 is 0 Å². The largest absolute Gasteiger partial charge is 0.459 e. The van der Waals surface area contributed by atoms with Crippen LogP contribution in [0.3, 0.4) is 0 Å². The Balaban J connectivity index is 2.12. The molecule has 0 radical (unpaired) electrons. The number of Topliss-reactive ketones (excluding diaryl/α,β-unsaturated/α-hetero) is 1. The minimum atomic E-state index is -1.57. The van der Waals surface area contributed by atoms with Crippen LogP contribution in [0.25, 0.3) is 0 Å². The van der Waals surface area contributed by atoms with Crippen LogP contribution in [-0.4, -0.2) is 132 Å². The zero-order valence-electron chi connectivity index (χ0n) is 30.4. The first-order chi connectivity index (χ1) is 21.3. The maximum atomic E-state index is 14.1. The molecule has 3 rings (SSSR count). The Morgan fingerprint density at radius 2 is 1.74 bits per heavy atom. The highest BCUT2D eigenvalue weighted by molar-refractivity contribution is 6.00. The van der Waals surface area contributed by atoms with Crippen molar-refractivity contribution in [3.05, 3.63) is 0 Å². The van der Waals surface area contributed by atoms with Gasteiger partial charge in [-0.25, -0.2) is 4.99 Å². The number of cyclic esters (lactones) is 1. The van der Waals surface area contributed by atoms with Gasteiger partial charge in [0.15, 0.2) is 18.2 Å². The molecule has 0 aromatic heterocycles. The number of ketones is 1. The van der Waals surface area contributed by atoms with Gasteiger partial charge in [0.05, 0.1) is 23.9 Å². The highest BCUT2D eigenvalue weighted by Gasteiger charge is 2.54. The van der Waals surface area contributed by atoms with Crippen LogP contribution in [0, 0.1) is 17.8 Å². The lowest BCUT2D eigenvalue weighted by Gasteiger charge is -2.46. The highest BCUT2D eigenvalue weighted by Crippen LogP contribution is 2.39. The predicted molar refractivity (Wildman–Crippen MR) is 174 cm³/mol. The van der Waals surface area contributed by atoms with Crippen LogP contribution in [0.4, 0.5) is 0 Å². The molecule has 3 heterocycles. The Morgan fingerprint density at radius 1 is 1.11 bits per heavy atom. The number of aliphatic hydroxyl groups excluding tert-OH is 1. The van der Waals surface area contributed by atoms with Gasteiger partial charge >= 0.3 is 5.97 Å². The van der Waals surface area contributed by atoms with E-state index in [-0.39, 0.29) is 35.9 Å². The van der Waals surface area contributed by atoms with Crippen LogP contribution < -0.4 is 0 Å². The summed E-state index contributed by atoms with van der Waals surface area (Å²) in [6, 6.07) is -0.147. The minimum absolute atomic E-state index is 0.0292. The van der Waals surface area contributed by atoms with Gasteiger partial charge in [0.2, 0.25) is 0 Å². The molecule has 3 aliphatic rings. The van der Waals surface area contributed by atoms with Gasteiger partial charge in [-0.1, -0.05) is 20.8 Å². The van der Waals surface area contributed by atoms with Crippen LogP contribution in [0.1, 0.15) is 88.5 Å². The quantitative estimate of drug-likeness (QED) is 0.323. The molecule has 3 aliphatic heterocycles. The van der Waals surface area contributed by atoms with Crippen molar-refractivity contribution in [2.24, 2.45) is 22.7 Å². The van der Waals surface area contributed by atoms with Crippen molar-refractivity contribution >= 4 is 17.8 Å². The third-order valence-electron chi connectivity index (χ3n) is 10.2. The smallest absolute Gasteiger partial charge is 0.316 e. The molecule has 266 valence electrons. The van der Waals surface area contributed by atoms with Crippen molar-refractivity contribution < 1.29 is 43.5 Å². The van der Waals surface area contributed by atoms with E-state index in [2.05, 4.69) is 11.8 Å². The van der Waals surface area contributed by atoms with Crippen molar-refractivity contribution in [1.82, 2.24) is 9.80 Å². The summed E-state index contributed by atoms with van der Waals surface area (Å²) in [5.41, 5.74) is -2.61. The summed E-state index contributed by atoms with van der Waals surface area (Å²) in [6.07, 6.45) is -3.39. The number of likely N-dealkylation sites (N-methyl/N-ethyl adjacent to an activating group) is 1. The van der Waals surface area contributed by atoms with E-state index in [1.54, 1.807) is 21.0 Å². The maximum absolute atomic E-state index is 14.1. The van der Waals surface area contributed by atoms with Crippen molar-refractivity contribution in [3.63, 3.8) is 0 Å². The van der Waals surface area contributed by atoms with Gasteiger partial charge in [0.1, 0.15) is 23.7 Å². The molecule has 0 aromatic rings. The Morgan fingerprint density at radius 3 is 2.28 bits per heavy atom. The molecule has 0 saturated carbocycles. The van der Waals surface area contributed by atoms with E-state index < -0.39 is 59.7 Å². The number of fused-ring (bicyclic) bond motifs is 2. The summed E-state index contributed by atoms with van der Waals surface area (Å²) in [5, 5.41) is 23.3. The van der Waals surface area contributed by atoms with E-state index in [0.717, 1.165) is 0 Å². The highest BCUT2D eigenvalue weighted by atomic mass is 16.7. The van der Waals surface area contributed by atoms with Crippen LogP contribution >= 0.6 is 0 Å². The molecule has 46 heavy (non-hydrogen) atoms. The number of carbonyl (C=O) groups is 2. The molecule has 3 fully saturated rings. The lowest BCUT2D eigenvalue weighted by Crippen LogP contribution is -2.59. The lowest BCUT2D eigenvalue weighted by atomic mass is 9.78. The molecule has 0 spiro atoms. The molecule has 0 amide bonds. The molecule has 12 nitrogen and oxygen atoms in total. The topological polar surface area (TPSA) is 140 Å². The van der Waals surface area contributed by atoms with E-state index in [4.69, 9.17) is 28.7 Å². The summed E-state index contributed by atoms with van der Waals surface area (Å²) in [6.45, 7) is 19.0. The fourth-order valence-electron chi connectivity index (χ4n) is 7.49. The number of hydrogen-bond acceptors (Lipinski definition) is 11. The monoisotopic (exact) mass is 655 g/mol. The molecule has 0 unspecified atom stereocenters. The molecule has 0 aliphatic carbocycles. The fourth-order valence-corrected chi connectivity index (χ4v) is 7.49. The third-order valence-corrected chi connectivity index (χ3v) is 10.2. The second kappa shape index (κ2) is 15.2. The van der Waals surface area contributed by atoms with E-state index in [1.807, 2.05) is 60.5 Å². The van der Waals surface area contributed by atoms with Crippen molar-refractivity contribution in [2.45, 2.75) is 155 Å². The summed E-state index contributed by atoms with van der Waals surface area (Å²) < 4.78 is 31.2. The fraction of sp³-hybridized carbons (Fsp3) is 0.912. The summed E-state index contributed by atoms with van der Waals surface area (Å²) in [7, 11) is 5.39. The summed E-state index contributed by atoms with van der Waals surface area (Å²) in [4.78, 5) is 36.4. The molecule has 2 bridgehead atoms.